The first-order valence-corrected chi connectivity index (χ1v) is 14.5. The van der Waals surface area contributed by atoms with Crippen LogP contribution < -0.4 is 15.5 Å². The molecule has 1 fully saturated rings. The molecule has 0 aromatic heterocycles. The van der Waals surface area contributed by atoms with E-state index in [2.05, 4.69) is 10.6 Å². The van der Waals surface area contributed by atoms with Gasteiger partial charge in [-0.05, 0) is 50.2 Å². The third-order valence-electron chi connectivity index (χ3n) is 6.54. The molecule has 1 saturated heterocycles. The molecule has 3 amide bonds. The number of amides is 3. The van der Waals surface area contributed by atoms with Crippen LogP contribution in [0.2, 0.25) is 0 Å². The molecule has 1 heterocycles. The van der Waals surface area contributed by atoms with E-state index >= 15 is 0 Å². The molecule has 2 aromatic carbocycles. The van der Waals surface area contributed by atoms with E-state index in [1.807, 2.05) is 0 Å². The van der Waals surface area contributed by atoms with Crippen molar-refractivity contribution in [3.05, 3.63) is 65.2 Å². The molecule has 16 heteroatoms. The molecule has 1 aliphatic rings. The fraction of sp³-hybridized carbons (Fsp3) is 0.370. The number of hydrogen-bond donors (Lipinski definition) is 2. The number of benzene rings is 2. The first kappa shape index (κ1) is 33.4. The number of rotatable bonds is 10. The van der Waals surface area contributed by atoms with Gasteiger partial charge in [0.1, 0.15) is 5.54 Å². The van der Waals surface area contributed by atoms with E-state index < -0.39 is 61.3 Å². The first-order chi connectivity index (χ1) is 19.8. The van der Waals surface area contributed by atoms with Crippen molar-refractivity contribution in [2.24, 2.45) is 0 Å². The Bertz CT molecular complexity index is 1580. The van der Waals surface area contributed by atoms with Crippen LogP contribution in [0.3, 0.4) is 0 Å². The molecule has 2 aromatic rings. The fourth-order valence-electron chi connectivity index (χ4n) is 4.30. The minimum atomic E-state index is -4.87. The molecular formula is C27H27F6N5O4S. The van der Waals surface area contributed by atoms with Gasteiger partial charge in [-0.1, -0.05) is 12.2 Å². The smallest absolute Gasteiger partial charge is 0.384 e. The van der Waals surface area contributed by atoms with Gasteiger partial charge in [0.2, 0.25) is 0 Å². The van der Waals surface area contributed by atoms with Crippen molar-refractivity contribution in [2.75, 3.05) is 42.7 Å². The van der Waals surface area contributed by atoms with Crippen molar-refractivity contribution in [3.63, 3.8) is 0 Å². The normalized spacial score (nSPS) is 15.8. The molecular weight excluding hydrogens is 604 g/mol. The lowest BCUT2D eigenvalue weighted by molar-refractivity contribution is -0.140. The van der Waals surface area contributed by atoms with Crippen LogP contribution in [0.1, 0.15) is 30.5 Å². The number of sulfone groups is 1. The molecule has 43 heavy (non-hydrogen) atoms. The number of nitrogens with zero attached hydrogens (tertiary/aromatic N) is 3. The Labute approximate surface area is 243 Å². The van der Waals surface area contributed by atoms with E-state index in [0.717, 1.165) is 24.3 Å². The molecule has 1 aliphatic heterocycles. The Morgan fingerprint density at radius 3 is 2.19 bits per heavy atom. The number of imide groups is 1. The van der Waals surface area contributed by atoms with Crippen LogP contribution in [-0.2, 0) is 27.0 Å². The van der Waals surface area contributed by atoms with Gasteiger partial charge in [-0.2, -0.15) is 31.6 Å². The van der Waals surface area contributed by atoms with Crippen molar-refractivity contribution in [3.8, 4) is 6.07 Å². The summed E-state index contributed by atoms with van der Waals surface area (Å²) in [6.07, 6.45) is -5.85. The van der Waals surface area contributed by atoms with Gasteiger partial charge in [-0.25, -0.2) is 18.1 Å². The van der Waals surface area contributed by atoms with Gasteiger partial charge in [-0.15, -0.1) is 0 Å². The highest BCUT2D eigenvalue weighted by atomic mass is 32.2. The number of alkyl halides is 6. The quantitative estimate of drug-likeness (QED) is 0.167. The topological polar surface area (TPSA) is 123 Å². The second kappa shape index (κ2) is 12.3. The predicted octanol–water partition coefficient (Wildman–Crippen LogP) is 4.80. The number of nitriles is 1. The molecule has 0 atom stereocenters. The molecule has 0 bridgehead atoms. The molecule has 3 rings (SSSR count). The Hall–Kier alpha value is -4.10. The molecule has 0 saturated carbocycles. The minimum Gasteiger partial charge on any atom is -0.384 e. The summed E-state index contributed by atoms with van der Waals surface area (Å²) in [5, 5.41) is 14.8. The average Bonchev–Trinajstić information content (AvgIpc) is 3.06. The lowest BCUT2D eigenvalue weighted by atomic mass is 10.0. The summed E-state index contributed by atoms with van der Waals surface area (Å²) in [7, 11) is -4.08. The van der Waals surface area contributed by atoms with Crippen LogP contribution in [-0.4, -0.2) is 63.2 Å². The Morgan fingerprint density at radius 1 is 0.953 bits per heavy atom. The minimum absolute atomic E-state index is 0.0523. The zero-order chi connectivity index (χ0) is 32.4. The van der Waals surface area contributed by atoms with Gasteiger partial charge in [0, 0.05) is 38.1 Å². The van der Waals surface area contributed by atoms with E-state index in [1.54, 1.807) is 12.2 Å². The van der Waals surface area contributed by atoms with Gasteiger partial charge >= 0.3 is 18.4 Å². The Kier molecular flexibility index (Phi) is 9.52. The van der Waals surface area contributed by atoms with Crippen LogP contribution in [0.5, 0.6) is 0 Å². The highest BCUT2D eigenvalue weighted by Gasteiger charge is 2.51. The number of urea groups is 1. The SMILES string of the molecule is CC1(C)C(=O)N(c2ccc(C#N)c(C(F)(F)F)c2)C(=O)N1C/C=C\CNCCNc1ccc(S(C)(=O)=O)c(C(F)(F)F)c1. The second-order valence-corrected chi connectivity index (χ2v) is 12.0. The number of anilines is 2. The Morgan fingerprint density at radius 2 is 1.60 bits per heavy atom. The molecule has 232 valence electrons. The third-order valence-corrected chi connectivity index (χ3v) is 7.70. The van der Waals surface area contributed by atoms with E-state index in [1.165, 1.54) is 30.9 Å². The van der Waals surface area contributed by atoms with Crippen LogP contribution in [0, 0.1) is 11.3 Å². The van der Waals surface area contributed by atoms with Crippen LogP contribution in [0.15, 0.2) is 53.4 Å². The summed E-state index contributed by atoms with van der Waals surface area (Å²) in [6, 6.07) is 6.03. The third kappa shape index (κ3) is 7.46. The van der Waals surface area contributed by atoms with E-state index in [0.29, 0.717) is 23.8 Å². The molecule has 0 spiro atoms. The first-order valence-electron chi connectivity index (χ1n) is 12.6. The van der Waals surface area contributed by atoms with Gasteiger partial charge in [-0.3, -0.25) is 4.79 Å². The van der Waals surface area contributed by atoms with E-state index in [-0.39, 0.29) is 31.0 Å². The van der Waals surface area contributed by atoms with Gasteiger partial charge in [0.05, 0.1) is 33.3 Å². The van der Waals surface area contributed by atoms with Crippen molar-refractivity contribution in [2.45, 2.75) is 36.6 Å². The maximum Gasteiger partial charge on any atom is 0.417 e. The summed E-state index contributed by atoms with van der Waals surface area (Å²) in [4.78, 5) is 27.1. The summed E-state index contributed by atoms with van der Waals surface area (Å²) >= 11 is 0. The lowest BCUT2D eigenvalue weighted by Crippen LogP contribution is -2.44. The van der Waals surface area contributed by atoms with Gasteiger partial charge in [0.15, 0.2) is 9.84 Å². The Balaban J connectivity index is 1.57. The summed E-state index contributed by atoms with van der Waals surface area (Å²) in [5.74, 6) is -0.744. The zero-order valence-electron chi connectivity index (χ0n) is 23.1. The monoisotopic (exact) mass is 631 g/mol. The molecule has 9 nitrogen and oxygen atoms in total. The van der Waals surface area contributed by atoms with Gasteiger partial charge < -0.3 is 15.5 Å². The highest BCUT2D eigenvalue weighted by molar-refractivity contribution is 7.90. The second-order valence-electron chi connectivity index (χ2n) is 10.0. The predicted molar refractivity (Wildman–Crippen MR) is 145 cm³/mol. The van der Waals surface area contributed by atoms with Crippen LogP contribution >= 0.6 is 0 Å². The van der Waals surface area contributed by atoms with E-state index in [4.69, 9.17) is 5.26 Å². The number of carbonyl (C=O) groups is 2. The molecule has 0 aliphatic carbocycles. The lowest BCUT2D eigenvalue weighted by Gasteiger charge is -2.26. The number of hydrogen-bond acceptors (Lipinski definition) is 7. The van der Waals surface area contributed by atoms with Crippen LogP contribution in [0.4, 0.5) is 42.5 Å². The zero-order valence-corrected chi connectivity index (χ0v) is 23.9. The fourth-order valence-corrected chi connectivity index (χ4v) is 5.19. The molecule has 0 unspecified atom stereocenters. The number of halogens is 6. The standard InChI is InChI=1S/C27H27F6N5O4S/c1-25(2)23(39)38(19-8-6-17(16-34)20(15-19)26(28,29)30)24(40)37(25)13-5-4-10-35-11-12-36-18-7-9-22(43(3,41)42)21(14-18)27(31,32)33/h4-9,14-15,35-36H,10-13H2,1-3H3/b5-4-. The molecule has 0 radical (unpaired) electrons. The van der Waals surface area contributed by atoms with Crippen molar-refractivity contribution in [1.82, 2.24) is 10.2 Å². The number of carbonyl (C=O) groups excluding carboxylic acids is 2. The highest BCUT2D eigenvalue weighted by Crippen LogP contribution is 2.38. The maximum absolute atomic E-state index is 13.4. The molecule has 2 N–H and O–H groups in total. The van der Waals surface area contributed by atoms with Crippen molar-refractivity contribution in [1.29, 1.82) is 5.26 Å². The summed E-state index contributed by atoms with van der Waals surface area (Å²) in [5.41, 5.74) is -4.81. The van der Waals surface area contributed by atoms with E-state index in [9.17, 15) is 44.3 Å². The summed E-state index contributed by atoms with van der Waals surface area (Å²) in [6.45, 7) is 3.60. The summed E-state index contributed by atoms with van der Waals surface area (Å²) < 4.78 is 104. The average molecular weight is 632 g/mol. The largest absolute Gasteiger partial charge is 0.417 e. The van der Waals surface area contributed by atoms with Crippen molar-refractivity contribution < 1.29 is 44.3 Å². The van der Waals surface area contributed by atoms with Gasteiger partial charge in [0.25, 0.3) is 5.91 Å². The van der Waals surface area contributed by atoms with Crippen molar-refractivity contribution >= 4 is 33.2 Å². The van der Waals surface area contributed by atoms with Crippen LogP contribution in [0.25, 0.3) is 0 Å². The maximum atomic E-state index is 13.4. The number of nitrogens with one attached hydrogen (secondary N) is 2.